The van der Waals surface area contributed by atoms with E-state index in [-0.39, 0.29) is 23.2 Å². The Labute approximate surface area is 108 Å². The molecule has 0 heterocycles. The molecule has 1 atom stereocenters. The standard InChI is InChI=1S/C14H22FNO2/c1-10(16)11-5-6-13(12(15)9-11)18-8-7-14(2,3)17-4/h5-6,9-10H,7-8,16H2,1-4H3/t10-/m0/s1. The molecule has 1 aromatic carbocycles. The predicted octanol–water partition coefficient (Wildman–Crippen LogP) is 3.04. The monoisotopic (exact) mass is 255 g/mol. The second-order valence-corrected chi connectivity index (χ2v) is 5.04. The molecule has 2 N–H and O–H groups in total. The van der Waals surface area contributed by atoms with Gasteiger partial charge in [-0.25, -0.2) is 4.39 Å². The topological polar surface area (TPSA) is 44.5 Å². The largest absolute Gasteiger partial charge is 0.490 e. The number of benzene rings is 1. The number of halogens is 1. The smallest absolute Gasteiger partial charge is 0.165 e. The molecule has 0 amide bonds. The lowest BCUT2D eigenvalue weighted by Gasteiger charge is -2.22. The molecule has 1 rings (SSSR count). The molecule has 0 aliphatic rings. The minimum absolute atomic E-state index is 0.180. The first-order chi connectivity index (χ1) is 8.35. The van der Waals surface area contributed by atoms with Crippen molar-refractivity contribution >= 4 is 0 Å². The van der Waals surface area contributed by atoms with Crippen LogP contribution in [0.1, 0.15) is 38.8 Å². The summed E-state index contributed by atoms with van der Waals surface area (Å²) in [6, 6.07) is 4.64. The molecule has 0 saturated heterocycles. The Morgan fingerprint density at radius 3 is 2.56 bits per heavy atom. The predicted molar refractivity (Wildman–Crippen MR) is 70.2 cm³/mol. The number of hydrogen-bond donors (Lipinski definition) is 1. The van der Waals surface area contributed by atoms with Crippen molar-refractivity contribution in [3.63, 3.8) is 0 Å². The minimum atomic E-state index is -0.375. The van der Waals surface area contributed by atoms with Gasteiger partial charge in [0, 0.05) is 19.6 Å². The van der Waals surface area contributed by atoms with Crippen LogP contribution in [0.3, 0.4) is 0 Å². The van der Waals surface area contributed by atoms with Crippen LogP contribution in [0.25, 0.3) is 0 Å². The second kappa shape index (κ2) is 6.16. The lowest BCUT2D eigenvalue weighted by Crippen LogP contribution is -2.25. The van der Waals surface area contributed by atoms with Crippen LogP contribution in [0.5, 0.6) is 5.75 Å². The molecule has 0 aromatic heterocycles. The molecule has 0 unspecified atom stereocenters. The van der Waals surface area contributed by atoms with Crippen molar-refractivity contribution in [1.29, 1.82) is 0 Å². The normalized spacial score (nSPS) is 13.4. The van der Waals surface area contributed by atoms with Crippen LogP contribution in [-0.2, 0) is 4.74 Å². The van der Waals surface area contributed by atoms with Crippen LogP contribution in [0.4, 0.5) is 4.39 Å². The van der Waals surface area contributed by atoms with Crippen molar-refractivity contribution in [3.8, 4) is 5.75 Å². The SMILES string of the molecule is COC(C)(C)CCOc1ccc([C@H](C)N)cc1F. The van der Waals surface area contributed by atoms with Crippen LogP contribution in [0.2, 0.25) is 0 Å². The fourth-order valence-corrected chi connectivity index (χ4v) is 1.43. The first-order valence-electron chi connectivity index (χ1n) is 6.09. The van der Waals surface area contributed by atoms with E-state index < -0.39 is 0 Å². The average molecular weight is 255 g/mol. The zero-order valence-electron chi connectivity index (χ0n) is 11.5. The third kappa shape index (κ3) is 4.27. The van der Waals surface area contributed by atoms with Crippen molar-refractivity contribution in [3.05, 3.63) is 29.6 Å². The van der Waals surface area contributed by atoms with E-state index in [0.29, 0.717) is 13.0 Å². The summed E-state index contributed by atoms with van der Waals surface area (Å²) in [5.41, 5.74) is 6.18. The van der Waals surface area contributed by atoms with Crippen LogP contribution >= 0.6 is 0 Å². The van der Waals surface area contributed by atoms with Gasteiger partial charge in [0.05, 0.1) is 12.2 Å². The van der Waals surface area contributed by atoms with Crippen molar-refractivity contribution in [1.82, 2.24) is 0 Å². The van der Waals surface area contributed by atoms with Crippen LogP contribution < -0.4 is 10.5 Å². The first kappa shape index (κ1) is 14.9. The molecule has 1 aromatic rings. The zero-order chi connectivity index (χ0) is 13.8. The number of methoxy groups -OCH3 is 1. The number of ether oxygens (including phenoxy) is 2. The first-order valence-corrected chi connectivity index (χ1v) is 6.09. The van der Waals surface area contributed by atoms with E-state index in [1.54, 1.807) is 19.2 Å². The molecule has 0 aliphatic carbocycles. The van der Waals surface area contributed by atoms with Gasteiger partial charge < -0.3 is 15.2 Å². The van der Waals surface area contributed by atoms with Crippen molar-refractivity contribution < 1.29 is 13.9 Å². The van der Waals surface area contributed by atoms with Crippen molar-refractivity contribution in [2.45, 2.75) is 38.8 Å². The summed E-state index contributed by atoms with van der Waals surface area (Å²) in [5.74, 6) is -0.119. The summed E-state index contributed by atoms with van der Waals surface area (Å²) < 4.78 is 24.4. The van der Waals surface area contributed by atoms with Gasteiger partial charge in [0.15, 0.2) is 11.6 Å². The van der Waals surface area contributed by atoms with Crippen molar-refractivity contribution in [2.75, 3.05) is 13.7 Å². The molecule has 4 heteroatoms. The van der Waals surface area contributed by atoms with E-state index in [9.17, 15) is 4.39 Å². The van der Waals surface area contributed by atoms with Gasteiger partial charge in [-0.15, -0.1) is 0 Å². The summed E-state index contributed by atoms with van der Waals surface area (Å²) in [4.78, 5) is 0. The maximum Gasteiger partial charge on any atom is 0.165 e. The summed E-state index contributed by atoms with van der Waals surface area (Å²) in [6.07, 6.45) is 0.692. The van der Waals surface area contributed by atoms with E-state index >= 15 is 0 Å². The zero-order valence-corrected chi connectivity index (χ0v) is 11.5. The van der Waals surface area contributed by atoms with Crippen LogP contribution in [-0.4, -0.2) is 19.3 Å². The lowest BCUT2D eigenvalue weighted by atomic mass is 10.1. The highest BCUT2D eigenvalue weighted by atomic mass is 19.1. The highest BCUT2D eigenvalue weighted by molar-refractivity contribution is 5.30. The lowest BCUT2D eigenvalue weighted by molar-refractivity contribution is 0.00513. The molecule has 3 nitrogen and oxygen atoms in total. The van der Waals surface area contributed by atoms with Gasteiger partial charge in [0.1, 0.15) is 0 Å². The van der Waals surface area contributed by atoms with Gasteiger partial charge in [-0.3, -0.25) is 0 Å². The van der Waals surface area contributed by atoms with E-state index in [1.165, 1.54) is 6.07 Å². The maximum atomic E-state index is 13.7. The Balaban J connectivity index is 2.58. The molecule has 0 radical (unpaired) electrons. The second-order valence-electron chi connectivity index (χ2n) is 5.04. The van der Waals surface area contributed by atoms with Gasteiger partial charge in [-0.1, -0.05) is 6.07 Å². The fraction of sp³-hybridized carbons (Fsp3) is 0.571. The van der Waals surface area contributed by atoms with Crippen molar-refractivity contribution in [2.24, 2.45) is 5.73 Å². The molecule has 0 bridgehead atoms. The number of hydrogen-bond acceptors (Lipinski definition) is 3. The van der Waals surface area contributed by atoms with E-state index in [4.69, 9.17) is 15.2 Å². The Bertz CT molecular complexity index is 391. The van der Waals surface area contributed by atoms with Crippen LogP contribution in [0.15, 0.2) is 18.2 Å². The number of rotatable bonds is 6. The van der Waals surface area contributed by atoms with Gasteiger partial charge in [-0.2, -0.15) is 0 Å². The molecule has 0 spiro atoms. The molecule has 18 heavy (non-hydrogen) atoms. The van der Waals surface area contributed by atoms with Gasteiger partial charge in [0.2, 0.25) is 0 Å². The summed E-state index contributed by atoms with van der Waals surface area (Å²) in [7, 11) is 1.65. The highest BCUT2D eigenvalue weighted by Gasteiger charge is 2.16. The fourth-order valence-electron chi connectivity index (χ4n) is 1.43. The Kier molecular flexibility index (Phi) is 5.11. The molecule has 0 saturated carbocycles. The summed E-state index contributed by atoms with van der Waals surface area (Å²) in [5, 5.41) is 0. The van der Waals surface area contributed by atoms with Gasteiger partial charge in [0.25, 0.3) is 0 Å². The van der Waals surface area contributed by atoms with Gasteiger partial charge >= 0.3 is 0 Å². The Morgan fingerprint density at radius 2 is 2.06 bits per heavy atom. The van der Waals surface area contributed by atoms with Crippen LogP contribution in [0, 0.1) is 5.82 Å². The molecular formula is C14H22FNO2. The van der Waals surface area contributed by atoms with E-state index in [2.05, 4.69) is 0 Å². The third-order valence-corrected chi connectivity index (χ3v) is 3.00. The quantitative estimate of drug-likeness (QED) is 0.849. The molecular weight excluding hydrogens is 233 g/mol. The average Bonchev–Trinajstić information content (AvgIpc) is 2.31. The van der Waals surface area contributed by atoms with Gasteiger partial charge in [-0.05, 0) is 38.5 Å². The Morgan fingerprint density at radius 1 is 1.39 bits per heavy atom. The molecule has 102 valence electrons. The summed E-state index contributed by atoms with van der Waals surface area (Å²) >= 11 is 0. The van der Waals surface area contributed by atoms with E-state index in [1.807, 2.05) is 20.8 Å². The third-order valence-electron chi connectivity index (χ3n) is 3.00. The molecule has 0 aliphatic heterocycles. The Hall–Kier alpha value is -1.13. The minimum Gasteiger partial charge on any atom is -0.490 e. The highest BCUT2D eigenvalue weighted by Crippen LogP contribution is 2.22. The van der Waals surface area contributed by atoms with E-state index in [0.717, 1.165) is 5.56 Å². The molecule has 0 fully saturated rings. The number of nitrogens with two attached hydrogens (primary N) is 1. The maximum absolute atomic E-state index is 13.7. The summed E-state index contributed by atoms with van der Waals surface area (Å²) in [6.45, 7) is 6.16.